The molecule has 2 rings (SSSR count). The van der Waals surface area contributed by atoms with E-state index in [2.05, 4.69) is 0 Å². The normalized spacial score (nSPS) is 20.5. The third-order valence-corrected chi connectivity index (χ3v) is 4.09. The zero-order valence-electron chi connectivity index (χ0n) is 12.3. The third-order valence-electron chi connectivity index (χ3n) is 3.72. The molecule has 7 heteroatoms. The highest BCUT2D eigenvalue weighted by Crippen LogP contribution is 2.20. The molecule has 1 aliphatic heterocycles. The SMILES string of the molecule is C[C@H]1C(=O)N(Cc2ccccc2Cl)CC(=O)N1C[C@@H](O)CO. The van der Waals surface area contributed by atoms with Crippen molar-refractivity contribution in [1.29, 1.82) is 0 Å². The van der Waals surface area contributed by atoms with Gasteiger partial charge in [0, 0.05) is 18.1 Å². The van der Waals surface area contributed by atoms with Gasteiger partial charge in [0.2, 0.25) is 11.8 Å². The maximum atomic E-state index is 12.4. The summed E-state index contributed by atoms with van der Waals surface area (Å²) in [6.07, 6.45) is -1.05. The minimum Gasteiger partial charge on any atom is -0.394 e. The summed E-state index contributed by atoms with van der Waals surface area (Å²) in [5.74, 6) is -0.462. The number of aliphatic hydroxyl groups excluding tert-OH is 2. The number of carbonyl (C=O) groups excluding carboxylic acids is 2. The molecule has 0 bridgehead atoms. The van der Waals surface area contributed by atoms with Crippen molar-refractivity contribution in [3.63, 3.8) is 0 Å². The van der Waals surface area contributed by atoms with Crippen LogP contribution in [0, 0.1) is 0 Å². The standard InChI is InChI=1S/C15H19ClN2O4/c1-10-15(22)17(6-11-4-2-3-5-13(11)16)8-14(21)18(10)7-12(20)9-19/h2-5,10,12,19-20H,6-9H2,1H3/t10-,12+/m0/s1. The van der Waals surface area contributed by atoms with Gasteiger partial charge in [-0.3, -0.25) is 9.59 Å². The largest absolute Gasteiger partial charge is 0.394 e. The van der Waals surface area contributed by atoms with E-state index in [9.17, 15) is 14.7 Å². The van der Waals surface area contributed by atoms with Crippen LogP contribution in [0.1, 0.15) is 12.5 Å². The Hall–Kier alpha value is -1.63. The Balaban J connectivity index is 2.10. The van der Waals surface area contributed by atoms with Crippen LogP contribution in [0.25, 0.3) is 0 Å². The molecule has 6 nitrogen and oxygen atoms in total. The Morgan fingerprint density at radius 2 is 2.05 bits per heavy atom. The highest BCUT2D eigenvalue weighted by molar-refractivity contribution is 6.31. The van der Waals surface area contributed by atoms with E-state index >= 15 is 0 Å². The quantitative estimate of drug-likeness (QED) is 0.813. The lowest BCUT2D eigenvalue weighted by Gasteiger charge is -2.39. The summed E-state index contributed by atoms with van der Waals surface area (Å²) in [5.41, 5.74) is 0.779. The van der Waals surface area contributed by atoms with Crippen LogP contribution in [0.5, 0.6) is 0 Å². The molecule has 1 heterocycles. The first-order chi connectivity index (χ1) is 10.4. The van der Waals surface area contributed by atoms with Gasteiger partial charge in [-0.2, -0.15) is 0 Å². The second-order valence-corrected chi connectivity index (χ2v) is 5.75. The molecule has 120 valence electrons. The third kappa shape index (κ3) is 3.58. The lowest BCUT2D eigenvalue weighted by Crippen LogP contribution is -2.60. The number of nitrogens with zero attached hydrogens (tertiary/aromatic N) is 2. The van der Waals surface area contributed by atoms with Crippen LogP contribution in [0.4, 0.5) is 0 Å². The average molecular weight is 327 g/mol. The molecular weight excluding hydrogens is 308 g/mol. The number of β-amino-alcohol motifs (C(OH)–C–C–N with tert-alkyl or cyclic N) is 1. The fourth-order valence-corrected chi connectivity index (χ4v) is 2.65. The number of hydrogen-bond donors (Lipinski definition) is 2. The number of amides is 2. The molecule has 1 fully saturated rings. The predicted molar refractivity (Wildman–Crippen MR) is 81.1 cm³/mol. The van der Waals surface area contributed by atoms with Gasteiger partial charge in [-0.25, -0.2) is 0 Å². The van der Waals surface area contributed by atoms with Crippen molar-refractivity contribution in [2.75, 3.05) is 19.7 Å². The summed E-state index contributed by atoms with van der Waals surface area (Å²) >= 11 is 6.09. The molecule has 1 saturated heterocycles. The number of rotatable bonds is 5. The molecule has 2 amide bonds. The van der Waals surface area contributed by atoms with Crippen molar-refractivity contribution >= 4 is 23.4 Å². The highest BCUT2D eigenvalue weighted by atomic mass is 35.5. The minimum atomic E-state index is -1.05. The van der Waals surface area contributed by atoms with Crippen molar-refractivity contribution < 1.29 is 19.8 Å². The van der Waals surface area contributed by atoms with Crippen LogP contribution in [-0.2, 0) is 16.1 Å². The van der Waals surface area contributed by atoms with Gasteiger partial charge in [0.05, 0.1) is 12.7 Å². The molecule has 0 aliphatic carbocycles. The van der Waals surface area contributed by atoms with Gasteiger partial charge in [0.25, 0.3) is 0 Å². The molecule has 1 aromatic rings. The Kier molecular flexibility index (Phi) is 5.39. The molecule has 2 N–H and O–H groups in total. The zero-order valence-corrected chi connectivity index (χ0v) is 13.0. The highest BCUT2D eigenvalue weighted by Gasteiger charge is 2.37. The lowest BCUT2D eigenvalue weighted by molar-refractivity contribution is -0.157. The van der Waals surface area contributed by atoms with Crippen LogP contribution < -0.4 is 0 Å². The van der Waals surface area contributed by atoms with Gasteiger partial charge in [-0.15, -0.1) is 0 Å². The van der Waals surface area contributed by atoms with E-state index in [1.807, 2.05) is 12.1 Å². The van der Waals surface area contributed by atoms with Crippen LogP contribution >= 0.6 is 11.6 Å². The van der Waals surface area contributed by atoms with Gasteiger partial charge in [-0.05, 0) is 18.6 Å². The predicted octanol–water partition coefficient (Wildman–Crippen LogP) is 0.253. The molecule has 0 unspecified atom stereocenters. The van der Waals surface area contributed by atoms with Crippen LogP contribution in [0.15, 0.2) is 24.3 Å². The first-order valence-electron chi connectivity index (χ1n) is 7.04. The maximum absolute atomic E-state index is 12.4. The first kappa shape index (κ1) is 16.7. The lowest BCUT2D eigenvalue weighted by atomic mass is 10.1. The van der Waals surface area contributed by atoms with Crippen LogP contribution in [0.3, 0.4) is 0 Å². The van der Waals surface area contributed by atoms with E-state index in [4.69, 9.17) is 16.7 Å². The molecule has 0 radical (unpaired) electrons. The monoisotopic (exact) mass is 326 g/mol. The van der Waals surface area contributed by atoms with Gasteiger partial charge in [-0.1, -0.05) is 29.8 Å². The number of piperazine rings is 1. The van der Waals surface area contributed by atoms with E-state index in [1.54, 1.807) is 19.1 Å². The molecule has 1 aliphatic rings. The number of hydrogen-bond acceptors (Lipinski definition) is 4. The Morgan fingerprint density at radius 1 is 1.36 bits per heavy atom. The Morgan fingerprint density at radius 3 is 2.68 bits per heavy atom. The molecule has 0 aromatic heterocycles. The summed E-state index contributed by atoms with van der Waals surface area (Å²) in [6, 6.07) is 6.50. The molecule has 0 saturated carbocycles. The smallest absolute Gasteiger partial charge is 0.245 e. The summed E-state index contributed by atoms with van der Waals surface area (Å²) in [7, 11) is 0. The van der Waals surface area contributed by atoms with Gasteiger partial charge >= 0.3 is 0 Å². The van der Waals surface area contributed by atoms with Crippen LogP contribution in [0.2, 0.25) is 5.02 Å². The minimum absolute atomic E-state index is 0.0534. The van der Waals surface area contributed by atoms with E-state index in [0.29, 0.717) is 5.02 Å². The van der Waals surface area contributed by atoms with Crippen molar-refractivity contribution in [3.05, 3.63) is 34.9 Å². The summed E-state index contributed by atoms with van der Waals surface area (Å²) in [5, 5.41) is 18.9. The first-order valence-corrected chi connectivity index (χ1v) is 7.42. The fourth-order valence-electron chi connectivity index (χ4n) is 2.46. The van der Waals surface area contributed by atoms with Crippen molar-refractivity contribution in [1.82, 2.24) is 9.80 Å². The van der Waals surface area contributed by atoms with E-state index in [1.165, 1.54) is 9.80 Å². The molecule has 2 atom stereocenters. The molecular formula is C15H19ClN2O4. The van der Waals surface area contributed by atoms with Crippen molar-refractivity contribution in [3.8, 4) is 0 Å². The summed E-state index contributed by atoms with van der Waals surface area (Å²) < 4.78 is 0. The number of halogens is 1. The van der Waals surface area contributed by atoms with Crippen LogP contribution in [-0.4, -0.2) is 63.7 Å². The van der Waals surface area contributed by atoms with Gasteiger partial charge in [0.1, 0.15) is 12.6 Å². The Bertz CT molecular complexity index is 566. The molecule has 1 aromatic carbocycles. The maximum Gasteiger partial charge on any atom is 0.245 e. The second kappa shape index (κ2) is 7.09. The summed E-state index contributed by atoms with van der Waals surface area (Å²) in [4.78, 5) is 27.4. The number of carbonyl (C=O) groups is 2. The van der Waals surface area contributed by atoms with Gasteiger partial charge < -0.3 is 20.0 Å². The Labute approximate surface area is 133 Å². The number of aliphatic hydroxyl groups is 2. The van der Waals surface area contributed by atoms with Gasteiger partial charge in [0.15, 0.2) is 0 Å². The van der Waals surface area contributed by atoms with E-state index < -0.39 is 18.8 Å². The zero-order chi connectivity index (χ0) is 16.3. The van der Waals surface area contributed by atoms with Crippen molar-refractivity contribution in [2.45, 2.75) is 25.6 Å². The average Bonchev–Trinajstić information content (AvgIpc) is 2.50. The van der Waals surface area contributed by atoms with E-state index in [0.717, 1.165) is 5.56 Å². The molecule has 0 spiro atoms. The van der Waals surface area contributed by atoms with E-state index in [-0.39, 0.29) is 31.4 Å². The second-order valence-electron chi connectivity index (χ2n) is 5.34. The fraction of sp³-hybridized carbons (Fsp3) is 0.467. The number of benzene rings is 1. The molecule has 22 heavy (non-hydrogen) atoms. The topological polar surface area (TPSA) is 81.1 Å². The van der Waals surface area contributed by atoms with Crippen molar-refractivity contribution in [2.24, 2.45) is 0 Å². The summed E-state index contributed by atoms with van der Waals surface area (Å²) in [6.45, 7) is 1.32.